The van der Waals surface area contributed by atoms with Crippen molar-refractivity contribution in [1.82, 2.24) is 9.62 Å². The fraction of sp³-hybridized carbons (Fsp3) is 0.692. The molecule has 116 valence electrons. The average Bonchev–Trinajstić information content (AvgIpc) is 2.84. The Labute approximate surface area is 121 Å². The first-order chi connectivity index (χ1) is 9.43. The van der Waals surface area contributed by atoms with E-state index < -0.39 is 10.0 Å². The molecule has 0 amide bonds. The highest BCUT2D eigenvalue weighted by atomic mass is 32.2. The first-order valence-electron chi connectivity index (χ1n) is 6.73. The third-order valence-corrected chi connectivity index (χ3v) is 4.89. The highest BCUT2D eigenvalue weighted by Gasteiger charge is 2.28. The van der Waals surface area contributed by atoms with E-state index in [-0.39, 0.29) is 11.1 Å². The standard InChI is InChI=1S/C13H24N2O4S/c1-5-15(11(2)3)20(16,17)13-7-6-12(19-13)10-14-8-9-18-4/h6-7,11,14H,5,8-10H2,1-4H3. The molecule has 1 aromatic heterocycles. The second kappa shape index (κ2) is 7.78. The molecule has 0 aliphatic carbocycles. The van der Waals surface area contributed by atoms with E-state index in [0.29, 0.717) is 32.0 Å². The summed E-state index contributed by atoms with van der Waals surface area (Å²) < 4.78 is 36.5. The summed E-state index contributed by atoms with van der Waals surface area (Å²) in [5.41, 5.74) is 0. The van der Waals surface area contributed by atoms with Gasteiger partial charge >= 0.3 is 0 Å². The van der Waals surface area contributed by atoms with Crippen LogP contribution in [0.4, 0.5) is 0 Å². The Morgan fingerprint density at radius 2 is 2.10 bits per heavy atom. The number of nitrogens with zero attached hydrogens (tertiary/aromatic N) is 1. The summed E-state index contributed by atoms with van der Waals surface area (Å²) >= 11 is 0. The molecule has 1 rings (SSSR count). The molecule has 0 saturated heterocycles. The van der Waals surface area contributed by atoms with Gasteiger partial charge in [-0.25, -0.2) is 8.42 Å². The predicted molar refractivity (Wildman–Crippen MR) is 77.0 cm³/mol. The molecule has 0 aromatic carbocycles. The van der Waals surface area contributed by atoms with Crippen LogP contribution in [0.15, 0.2) is 21.6 Å². The lowest BCUT2D eigenvalue weighted by Gasteiger charge is -2.22. The van der Waals surface area contributed by atoms with Crippen molar-refractivity contribution in [3.63, 3.8) is 0 Å². The maximum atomic E-state index is 12.4. The van der Waals surface area contributed by atoms with E-state index in [9.17, 15) is 8.42 Å². The Morgan fingerprint density at radius 3 is 2.65 bits per heavy atom. The minimum Gasteiger partial charge on any atom is -0.447 e. The predicted octanol–water partition coefficient (Wildman–Crippen LogP) is 1.43. The molecule has 7 heteroatoms. The van der Waals surface area contributed by atoms with Crippen LogP contribution in [-0.4, -0.2) is 45.6 Å². The Kier molecular flexibility index (Phi) is 6.67. The molecule has 0 radical (unpaired) electrons. The van der Waals surface area contributed by atoms with Gasteiger partial charge in [-0.05, 0) is 26.0 Å². The molecule has 20 heavy (non-hydrogen) atoms. The fourth-order valence-electron chi connectivity index (χ4n) is 1.91. The van der Waals surface area contributed by atoms with Crippen molar-refractivity contribution in [2.75, 3.05) is 26.8 Å². The number of nitrogens with one attached hydrogen (secondary N) is 1. The maximum Gasteiger partial charge on any atom is 0.276 e. The second-order valence-electron chi connectivity index (χ2n) is 4.69. The second-order valence-corrected chi connectivity index (χ2v) is 6.51. The summed E-state index contributed by atoms with van der Waals surface area (Å²) in [5, 5.41) is 3.10. The van der Waals surface area contributed by atoms with E-state index >= 15 is 0 Å². The van der Waals surface area contributed by atoms with Crippen LogP contribution in [0.2, 0.25) is 0 Å². The van der Waals surface area contributed by atoms with Crippen molar-refractivity contribution >= 4 is 10.0 Å². The summed E-state index contributed by atoms with van der Waals surface area (Å²) in [6, 6.07) is 3.09. The number of sulfonamides is 1. The van der Waals surface area contributed by atoms with Gasteiger partial charge in [0.2, 0.25) is 5.09 Å². The molecule has 1 heterocycles. The van der Waals surface area contributed by atoms with Crippen LogP contribution in [0.3, 0.4) is 0 Å². The summed E-state index contributed by atoms with van der Waals surface area (Å²) in [7, 11) is -1.92. The van der Waals surface area contributed by atoms with Crippen LogP contribution in [0, 0.1) is 0 Å². The van der Waals surface area contributed by atoms with Gasteiger partial charge in [-0.1, -0.05) is 6.92 Å². The number of methoxy groups -OCH3 is 1. The number of furan rings is 1. The van der Waals surface area contributed by atoms with Gasteiger partial charge in [0.15, 0.2) is 0 Å². The molecule has 0 atom stereocenters. The summed E-state index contributed by atoms with van der Waals surface area (Å²) in [4.78, 5) is 0. The summed E-state index contributed by atoms with van der Waals surface area (Å²) in [6.45, 7) is 7.69. The van der Waals surface area contributed by atoms with Crippen molar-refractivity contribution < 1.29 is 17.6 Å². The first-order valence-corrected chi connectivity index (χ1v) is 8.17. The summed E-state index contributed by atoms with van der Waals surface area (Å²) in [6.07, 6.45) is 0. The Bertz CT molecular complexity index is 496. The highest BCUT2D eigenvalue weighted by Crippen LogP contribution is 2.20. The van der Waals surface area contributed by atoms with E-state index in [2.05, 4.69) is 5.32 Å². The van der Waals surface area contributed by atoms with Crippen LogP contribution in [-0.2, 0) is 21.3 Å². The lowest BCUT2D eigenvalue weighted by Crippen LogP contribution is -2.36. The van der Waals surface area contributed by atoms with Crippen molar-refractivity contribution in [3.8, 4) is 0 Å². The zero-order valence-corrected chi connectivity index (χ0v) is 13.4. The molecule has 0 unspecified atom stereocenters. The zero-order chi connectivity index (χ0) is 15.2. The van der Waals surface area contributed by atoms with Gasteiger partial charge in [-0.15, -0.1) is 0 Å². The van der Waals surface area contributed by atoms with E-state index in [1.54, 1.807) is 13.2 Å². The number of hydrogen-bond donors (Lipinski definition) is 1. The smallest absolute Gasteiger partial charge is 0.276 e. The minimum atomic E-state index is -3.55. The maximum absolute atomic E-state index is 12.4. The molecule has 0 fully saturated rings. The van der Waals surface area contributed by atoms with Crippen LogP contribution >= 0.6 is 0 Å². The Balaban J connectivity index is 2.75. The van der Waals surface area contributed by atoms with Crippen LogP contribution in [0.5, 0.6) is 0 Å². The minimum absolute atomic E-state index is 0.00316. The molecular weight excluding hydrogens is 280 g/mol. The lowest BCUT2D eigenvalue weighted by molar-refractivity contribution is 0.198. The molecule has 1 N–H and O–H groups in total. The van der Waals surface area contributed by atoms with Crippen molar-refractivity contribution in [3.05, 3.63) is 17.9 Å². The van der Waals surface area contributed by atoms with Gasteiger partial charge in [-0.3, -0.25) is 0 Å². The highest BCUT2D eigenvalue weighted by molar-refractivity contribution is 7.89. The first kappa shape index (κ1) is 17.2. The van der Waals surface area contributed by atoms with Gasteiger partial charge in [-0.2, -0.15) is 4.31 Å². The third kappa shape index (κ3) is 4.31. The van der Waals surface area contributed by atoms with Crippen molar-refractivity contribution in [1.29, 1.82) is 0 Å². The van der Waals surface area contributed by atoms with Gasteiger partial charge in [0, 0.05) is 26.2 Å². The fourth-order valence-corrected chi connectivity index (χ4v) is 3.48. The quantitative estimate of drug-likeness (QED) is 0.699. The van der Waals surface area contributed by atoms with Crippen molar-refractivity contribution in [2.24, 2.45) is 0 Å². The topological polar surface area (TPSA) is 71.8 Å². The van der Waals surface area contributed by atoms with Gasteiger partial charge in [0.1, 0.15) is 5.76 Å². The number of ether oxygens (including phenoxy) is 1. The molecule has 0 spiro atoms. The molecule has 0 saturated carbocycles. The lowest BCUT2D eigenvalue weighted by atomic mass is 10.4. The Morgan fingerprint density at radius 1 is 1.40 bits per heavy atom. The molecular formula is C13H24N2O4S. The number of hydrogen-bond acceptors (Lipinski definition) is 5. The van der Waals surface area contributed by atoms with Crippen LogP contribution < -0.4 is 5.32 Å². The van der Waals surface area contributed by atoms with Gasteiger partial charge < -0.3 is 14.5 Å². The normalized spacial score (nSPS) is 12.5. The monoisotopic (exact) mass is 304 g/mol. The van der Waals surface area contributed by atoms with Crippen molar-refractivity contribution in [2.45, 2.75) is 38.5 Å². The average molecular weight is 304 g/mol. The zero-order valence-electron chi connectivity index (χ0n) is 12.5. The SMILES string of the molecule is CCN(C(C)C)S(=O)(=O)c1ccc(CNCCOC)o1. The number of rotatable bonds is 9. The third-order valence-electron chi connectivity index (χ3n) is 2.87. The van der Waals surface area contributed by atoms with Crippen LogP contribution in [0.25, 0.3) is 0 Å². The van der Waals surface area contributed by atoms with Gasteiger partial charge in [0.25, 0.3) is 10.0 Å². The molecule has 0 aliphatic heterocycles. The van der Waals surface area contributed by atoms with E-state index in [1.165, 1.54) is 10.4 Å². The molecule has 1 aromatic rings. The molecule has 6 nitrogen and oxygen atoms in total. The van der Waals surface area contributed by atoms with E-state index in [1.807, 2.05) is 20.8 Å². The van der Waals surface area contributed by atoms with Gasteiger partial charge in [0.05, 0.1) is 13.2 Å². The van der Waals surface area contributed by atoms with E-state index in [0.717, 1.165) is 0 Å². The largest absolute Gasteiger partial charge is 0.447 e. The molecule has 0 aliphatic rings. The Hall–Kier alpha value is -0.890. The molecule has 0 bridgehead atoms. The summed E-state index contributed by atoms with van der Waals surface area (Å²) in [5.74, 6) is 0.597. The van der Waals surface area contributed by atoms with E-state index in [4.69, 9.17) is 9.15 Å². The van der Waals surface area contributed by atoms with Crippen LogP contribution in [0.1, 0.15) is 26.5 Å².